The molecule has 8 heteroatoms. The van der Waals surface area contributed by atoms with Gasteiger partial charge in [0.05, 0.1) is 20.8 Å². The molecular weight excluding hydrogens is 357 g/mol. The van der Waals surface area contributed by atoms with Gasteiger partial charge in [-0.25, -0.2) is 0 Å². The minimum absolute atomic E-state index is 0.0391. The predicted octanol–water partition coefficient (Wildman–Crippen LogP) is 6.38. The molecular formula is C12H4Cl4F3N. The number of hydrogen-bond acceptors (Lipinski definition) is 1. The van der Waals surface area contributed by atoms with Crippen LogP contribution in [0.15, 0.2) is 24.4 Å². The van der Waals surface area contributed by atoms with Gasteiger partial charge in [0.2, 0.25) is 0 Å². The van der Waals surface area contributed by atoms with Gasteiger partial charge in [0.1, 0.15) is 5.56 Å². The third-order valence-corrected chi connectivity index (χ3v) is 3.56. The predicted molar refractivity (Wildman–Crippen MR) is 74.7 cm³/mol. The smallest absolute Gasteiger partial charge is 0.255 e. The van der Waals surface area contributed by atoms with Crippen LogP contribution in [0.5, 0.6) is 0 Å². The molecule has 0 saturated carbocycles. The van der Waals surface area contributed by atoms with E-state index in [9.17, 15) is 13.2 Å². The Balaban J connectivity index is 2.81. The summed E-state index contributed by atoms with van der Waals surface area (Å²) in [6.07, 6.45) is -3.54. The molecule has 2 aromatic rings. The number of halogens is 7. The Morgan fingerprint density at radius 2 is 1.45 bits per heavy atom. The van der Waals surface area contributed by atoms with Crippen molar-refractivity contribution in [3.8, 4) is 11.3 Å². The summed E-state index contributed by atoms with van der Waals surface area (Å²) in [6, 6.07) is 3.62. The lowest BCUT2D eigenvalue weighted by atomic mass is 10.1. The van der Waals surface area contributed by atoms with Crippen molar-refractivity contribution in [2.24, 2.45) is 0 Å². The topological polar surface area (TPSA) is 12.9 Å². The Kier molecular flexibility index (Phi) is 4.40. The fraction of sp³-hybridized carbons (Fsp3) is 0.0833. The van der Waals surface area contributed by atoms with Gasteiger partial charge >= 0.3 is 6.18 Å². The van der Waals surface area contributed by atoms with Gasteiger partial charge in [-0.3, -0.25) is 4.98 Å². The molecule has 2 rings (SSSR count). The second-order valence-corrected chi connectivity index (χ2v) is 5.42. The number of aromatic nitrogens is 1. The van der Waals surface area contributed by atoms with Crippen LogP contribution in [-0.4, -0.2) is 4.98 Å². The van der Waals surface area contributed by atoms with E-state index in [-0.39, 0.29) is 20.6 Å². The fourth-order valence-corrected chi connectivity index (χ4v) is 2.91. The van der Waals surface area contributed by atoms with E-state index in [1.165, 1.54) is 12.1 Å². The van der Waals surface area contributed by atoms with Gasteiger partial charge in [-0.2, -0.15) is 13.2 Å². The van der Waals surface area contributed by atoms with Crippen LogP contribution in [0, 0.1) is 0 Å². The molecule has 1 aromatic carbocycles. The molecule has 1 aromatic heterocycles. The maximum Gasteiger partial charge on any atom is 0.419 e. The molecule has 0 fully saturated rings. The zero-order valence-electron chi connectivity index (χ0n) is 9.40. The summed E-state index contributed by atoms with van der Waals surface area (Å²) >= 11 is 23.2. The molecule has 0 spiro atoms. The summed E-state index contributed by atoms with van der Waals surface area (Å²) in [7, 11) is 0. The fourth-order valence-electron chi connectivity index (χ4n) is 1.67. The van der Waals surface area contributed by atoms with Crippen molar-refractivity contribution in [1.82, 2.24) is 4.98 Å². The first-order chi connectivity index (χ1) is 9.21. The van der Waals surface area contributed by atoms with Gasteiger partial charge in [0.15, 0.2) is 0 Å². The normalized spacial score (nSPS) is 11.8. The van der Waals surface area contributed by atoms with Crippen molar-refractivity contribution >= 4 is 46.4 Å². The lowest BCUT2D eigenvalue weighted by Gasteiger charge is -2.15. The van der Waals surface area contributed by atoms with E-state index in [1.807, 2.05) is 0 Å². The highest BCUT2D eigenvalue weighted by atomic mass is 35.5. The number of rotatable bonds is 1. The first kappa shape index (κ1) is 15.7. The second kappa shape index (κ2) is 5.60. The zero-order chi connectivity index (χ0) is 15.1. The Bertz CT molecular complexity index is 647. The maximum absolute atomic E-state index is 13.1. The molecule has 0 aliphatic carbocycles. The quantitative estimate of drug-likeness (QED) is 0.574. The van der Waals surface area contributed by atoms with E-state index in [0.717, 1.165) is 12.3 Å². The summed E-state index contributed by atoms with van der Waals surface area (Å²) in [5, 5.41) is -0.352. The molecule has 0 bridgehead atoms. The van der Waals surface area contributed by atoms with Crippen molar-refractivity contribution in [2.75, 3.05) is 0 Å². The van der Waals surface area contributed by atoms with Gasteiger partial charge < -0.3 is 0 Å². The van der Waals surface area contributed by atoms with Crippen LogP contribution < -0.4 is 0 Å². The Morgan fingerprint density at radius 1 is 0.900 bits per heavy atom. The van der Waals surface area contributed by atoms with Crippen molar-refractivity contribution < 1.29 is 13.2 Å². The lowest BCUT2D eigenvalue weighted by molar-refractivity contribution is -0.137. The van der Waals surface area contributed by atoms with E-state index in [0.29, 0.717) is 0 Å². The lowest BCUT2D eigenvalue weighted by Crippen LogP contribution is -2.09. The average molecular weight is 361 g/mol. The summed E-state index contributed by atoms with van der Waals surface area (Å²) in [5.74, 6) is 0. The molecule has 0 aliphatic rings. The molecule has 0 amide bonds. The van der Waals surface area contributed by atoms with Crippen LogP contribution in [0.25, 0.3) is 11.3 Å². The van der Waals surface area contributed by atoms with Crippen molar-refractivity contribution in [1.29, 1.82) is 0 Å². The van der Waals surface area contributed by atoms with Crippen molar-refractivity contribution in [2.45, 2.75) is 6.18 Å². The minimum atomic E-state index is -4.69. The Labute approximate surface area is 132 Å². The summed E-state index contributed by atoms with van der Waals surface area (Å²) in [5.41, 5.74) is -1.59. The van der Waals surface area contributed by atoms with E-state index >= 15 is 0 Å². The monoisotopic (exact) mass is 359 g/mol. The highest BCUT2D eigenvalue weighted by Gasteiger charge is 2.38. The van der Waals surface area contributed by atoms with Gasteiger partial charge in [0.25, 0.3) is 0 Å². The SMILES string of the molecule is FC(F)(F)c1c(Cl)ccnc1-c1c(Cl)cc(Cl)cc1Cl. The van der Waals surface area contributed by atoms with Crippen LogP contribution in [-0.2, 0) is 6.18 Å². The van der Waals surface area contributed by atoms with Gasteiger partial charge in [-0.1, -0.05) is 46.4 Å². The first-order valence-corrected chi connectivity index (χ1v) is 6.59. The van der Waals surface area contributed by atoms with Crippen LogP contribution in [0.3, 0.4) is 0 Å². The zero-order valence-corrected chi connectivity index (χ0v) is 12.4. The molecule has 0 unspecified atom stereocenters. The molecule has 1 heterocycles. The third-order valence-electron chi connectivity index (χ3n) is 2.43. The minimum Gasteiger partial charge on any atom is -0.255 e. The van der Waals surface area contributed by atoms with Crippen LogP contribution >= 0.6 is 46.4 Å². The van der Waals surface area contributed by atoms with Crippen molar-refractivity contribution in [3.05, 3.63) is 50.0 Å². The van der Waals surface area contributed by atoms with Crippen molar-refractivity contribution in [3.63, 3.8) is 0 Å². The average Bonchev–Trinajstić information content (AvgIpc) is 2.25. The van der Waals surface area contributed by atoms with E-state index in [1.54, 1.807) is 0 Å². The summed E-state index contributed by atoms with van der Waals surface area (Å²) in [4.78, 5) is 3.71. The number of alkyl halides is 3. The molecule has 0 atom stereocenters. The molecule has 20 heavy (non-hydrogen) atoms. The Hall–Kier alpha value is -0.680. The molecule has 0 radical (unpaired) electrons. The van der Waals surface area contributed by atoms with Crippen LogP contribution in [0.1, 0.15) is 5.56 Å². The second-order valence-electron chi connectivity index (χ2n) is 3.76. The number of nitrogens with zero attached hydrogens (tertiary/aromatic N) is 1. The first-order valence-electron chi connectivity index (χ1n) is 5.08. The highest BCUT2D eigenvalue weighted by molar-refractivity contribution is 6.42. The van der Waals surface area contributed by atoms with Gasteiger partial charge in [-0.15, -0.1) is 0 Å². The number of benzene rings is 1. The molecule has 106 valence electrons. The van der Waals surface area contributed by atoms with E-state index in [2.05, 4.69) is 4.98 Å². The summed E-state index contributed by atoms with van der Waals surface area (Å²) < 4.78 is 39.3. The largest absolute Gasteiger partial charge is 0.419 e. The van der Waals surface area contributed by atoms with E-state index < -0.39 is 22.5 Å². The highest BCUT2D eigenvalue weighted by Crippen LogP contribution is 2.44. The number of hydrogen-bond donors (Lipinski definition) is 0. The van der Waals surface area contributed by atoms with E-state index in [4.69, 9.17) is 46.4 Å². The molecule has 0 N–H and O–H groups in total. The Morgan fingerprint density at radius 3 is 1.95 bits per heavy atom. The molecule has 1 nitrogen and oxygen atoms in total. The summed E-state index contributed by atoms with van der Waals surface area (Å²) in [6.45, 7) is 0. The molecule has 0 aliphatic heterocycles. The third kappa shape index (κ3) is 2.98. The van der Waals surface area contributed by atoms with Gasteiger partial charge in [-0.05, 0) is 18.2 Å². The maximum atomic E-state index is 13.1. The van der Waals surface area contributed by atoms with Crippen LogP contribution in [0.4, 0.5) is 13.2 Å². The standard InChI is InChI=1S/C12H4Cl4F3N/c13-5-3-7(15)9(8(16)4-5)11-10(12(17,18)19)6(14)1-2-20-11/h1-4H. The van der Waals surface area contributed by atoms with Gasteiger partial charge in [0, 0.05) is 16.8 Å². The van der Waals surface area contributed by atoms with Crippen LogP contribution in [0.2, 0.25) is 20.1 Å². The number of pyridine rings is 1. The molecule has 0 saturated heterocycles.